The lowest BCUT2D eigenvalue weighted by atomic mass is 10.1. The summed E-state index contributed by atoms with van der Waals surface area (Å²) in [6.07, 6.45) is 0. The molecule has 0 aliphatic heterocycles. The summed E-state index contributed by atoms with van der Waals surface area (Å²) in [6.45, 7) is 3.64. The lowest BCUT2D eigenvalue weighted by Crippen LogP contribution is -2.44. The van der Waals surface area contributed by atoms with E-state index in [4.69, 9.17) is 4.74 Å². The fourth-order valence-electron chi connectivity index (χ4n) is 3.62. The first-order valence-corrected chi connectivity index (χ1v) is 12.6. The Kier molecular flexibility index (Phi) is 7.14. The fraction of sp³-hybridized carbons (Fsp3) is 0.185. The molecule has 4 rings (SSSR count). The molecule has 0 aliphatic carbocycles. The smallest absolute Gasteiger partial charge is 0.322 e. The molecule has 0 radical (unpaired) electrons. The van der Waals surface area contributed by atoms with Gasteiger partial charge in [-0.25, -0.2) is 13.4 Å². The van der Waals surface area contributed by atoms with Gasteiger partial charge in [0.25, 0.3) is 0 Å². The van der Waals surface area contributed by atoms with Gasteiger partial charge >= 0.3 is 5.97 Å². The Hall–Kier alpha value is -3.75. The van der Waals surface area contributed by atoms with Crippen LogP contribution in [0.5, 0.6) is 5.75 Å². The van der Waals surface area contributed by atoms with Crippen LogP contribution >= 0.6 is 0 Å². The van der Waals surface area contributed by atoms with Gasteiger partial charge in [0.1, 0.15) is 18.4 Å². The van der Waals surface area contributed by atoms with Crippen LogP contribution in [-0.2, 0) is 21.4 Å². The Bertz CT molecular complexity index is 1430. The first-order chi connectivity index (χ1) is 16.7. The standard InChI is InChI=1S/C27H26N2O5S/c1-18(2)26(27(30)31)29-35(32,33)24-15-10-20(11-16-24)19-8-13-23(14-9-19)34-17-22-12-7-21-5-3-4-6-25(21)28-22/h3-16,18,26,29H,17H2,1-2H3,(H,30,31)/t26-/m1/s1. The van der Waals surface area contributed by atoms with E-state index in [2.05, 4.69) is 9.71 Å². The van der Waals surface area contributed by atoms with Crippen LogP contribution in [-0.4, -0.2) is 30.5 Å². The van der Waals surface area contributed by atoms with Crippen LogP contribution in [0.25, 0.3) is 22.0 Å². The zero-order valence-electron chi connectivity index (χ0n) is 19.4. The summed E-state index contributed by atoms with van der Waals surface area (Å²) in [5, 5.41) is 10.4. The van der Waals surface area contributed by atoms with Gasteiger partial charge in [0, 0.05) is 5.39 Å². The molecule has 1 aromatic heterocycles. The number of carboxylic acid groups (broad SMARTS) is 1. The molecule has 0 aliphatic rings. The average molecular weight is 491 g/mol. The van der Waals surface area contributed by atoms with Gasteiger partial charge < -0.3 is 9.84 Å². The second-order valence-corrected chi connectivity index (χ2v) is 10.2. The van der Waals surface area contributed by atoms with Crippen molar-refractivity contribution in [3.05, 3.63) is 90.6 Å². The highest BCUT2D eigenvalue weighted by atomic mass is 32.2. The van der Waals surface area contributed by atoms with Gasteiger partial charge in [0.15, 0.2) is 0 Å². The summed E-state index contributed by atoms with van der Waals surface area (Å²) in [6, 6.07) is 24.5. The Morgan fingerprint density at radius 2 is 1.54 bits per heavy atom. The molecule has 0 spiro atoms. The van der Waals surface area contributed by atoms with Gasteiger partial charge in [-0.15, -0.1) is 0 Å². The summed E-state index contributed by atoms with van der Waals surface area (Å²) >= 11 is 0. The monoisotopic (exact) mass is 490 g/mol. The molecule has 0 bridgehead atoms. The Labute approximate surface area is 204 Å². The van der Waals surface area contributed by atoms with Gasteiger partial charge in [-0.05, 0) is 53.4 Å². The largest absolute Gasteiger partial charge is 0.487 e. The third kappa shape index (κ3) is 5.85. The molecular weight excluding hydrogens is 464 g/mol. The molecule has 0 unspecified atom stereocenters. The van der Waals surface area contributed by atoms with Gasteiger partial charge in [-0.1, -0.05) is 62.4 Å². The molecule has 4 aromatic rings. The topological polar surface area (TPSA) is 106 Å². The molecule has 180 valence electrons. The Morgan fingerprint density at radius 3 is 2.17 bits per heavy atom. The number of carbonyl (C=O) groups is 1. The minimum atomic E-state index is -3.96. The second-order valence-electron chi connectivity index (χ2n) is 8.51. The Morgan fingerprint density at radius 1 is 0.914 bits per heavy atom. The number of hydrogen-bond acceptors (Lipinski definition) is 5. The van der Waals surface area contributed by atoms with E-state index in [0.29, 0.717) is 12.4 Å². The number of benzene rings is 3. The van der Waals surface area contributed by atoms with Crippen LogP contribution in [0, 0.1) is 5.92 Å². The number of rotatable bonds is 9. The molecule has 1 heterocycles. The van der Waals surface area contributed by atoms with Crippen LogP contribution in [0.3, 0.4) is 0 Å². The summed E-state index contributed by atoms with van der Waals surface area (Å²) < 4.78 is 33.4. The first kappa shape index (κ1) is 24.4. The zero-order chi connectivity index (χ0) is 25.0. The molecule has 0 saturated heterocycles. The Balaban J connectivity index is 1.42. The minimum Gasteiger partial charge on any atom is -0.487 e. The lowest BCUT2D eigenvalue weighted by molar-refractivity contribution is -0.140. The summed E-state index contributed by atoms with van der Waals surface area (Å²) in [4.78, 5) is 16.0. The lowest BCUT2D eigenvalue weighted by Gasteiger charge is -2.18. The summed E-state index contributed by atoms with van der Waals surface area (Å²) in [5.74, 6) is -0.904. The number of para-hydroxylation sites is 1. The summed E-state index contributed by atoms with van der Waals surface area (Å²) in [7, 11) is -3.96. The van der Waals surface area contributed by atoms with Gasteiger partial charge in [-0.3, -0.25) is 4.79 Å². The molecule has 8 heteroatoms. The maximum absolute atomic E-state index is 12.6. The van der Waals surface area contributed by atoms with Crippen molar-refractivity contribution in [2.75, 3.05) is 0 Å². The fourth-order valence-corrected chi connectivity index (χ4v) is 4.96. The normalized spacial score (nSPS) is 12.5. The minimum absolute atomic E-state index is 0.0102. The van der Waals surface area contributed by atoms with Crippen LogP contribution in [0.1, 0.15) is 19.5 Å². The van der Waals surface area contributed by atoms with Crippen molar-refractivity contribution in [2.24, 2.45) is 5.92 Å². The predicted octanol–water partition coefficient (Wildman–Crippen LogP) is 4.87. The van der Waals surface area contributed by atoms with Crippen molar-refractivity contribution in [3.8, 4) is 16.9 Å². The van der Waals surface area contributed by atoms with E-state index in [1.807, 2.05) is 60.7 Å². The first-order valence-electron chi connectivity index (χ1n) is 11.2. The van der Waals surface area contributed by atoms with E-state index in [-0.39, 0.29) is 10.8 Å². The van der Waals surface area contributed by atoms with E-state index >= 15 is 0 Å². The molecule has 0 saturated carbocycles. The molecule has 0 amide bonds. The van der Waals surface area contributed by atoms with Crippen molar-refractivity contribution in [3.63, 3.8) is 0 Å². The van der Waals surface area contributed by atoms with Gasteiger partial charge in [-0.2, -0.15) is 4.72 Å². The third-order valence-corrected chi connectivity index (χ3v) is 7.07. The van der Waals surface area contributed by atoms with Crippen molar-refractivity contribution < 1.29 is 23.1 Å². The molecule has 35 heavy (non-hydrogen) atoms. The second kappa shape index (κ2) is 10.2. The van der Waals surface area contributed by atoms with Crippen molar-refractivity contribution in [1.29, 1.82) is 0 Å². The number of hydrogen-bond donors (Lipinski definition) is 2. The highest BCUT2D eigenvalue weighted by Gasteiger charge is 2.27. The van der Waals surface area contributed by atoms with Crippen molar-refractivity contribution in [2.45, 2.75) is 31.4 Å². The van der Waals surface area contributed by atoms with Gasteiger partial charge in [0.2, 0.25) is 10.0 Å². The van der Waals surface area contributed by atoms with Crippen LogP contribution in [0.4, 0.5) is 0 Å². The van der Waals surface area contributed by atoms with E-state index < -0.39 is 22.0 Å². The molecule has 0 fully saturated rings. The van der Waals surface area contributed by atoms with E-state index in [0.717, 1.165) is 27.7 Å². The number of sulfonamides is 1. The average Bonchev–Trinajstić information content (AvgIpc) is 2.86. The molecule has 1 atom stereocenters. The highest BCUT2D eigenvalue weighted by Crippen LogP contribution is 2.25. The van der Waals surface area contributed by atoms with Crippen LogP contribution < -0.4 is 9.46 Å². The molecular formula is C27H26N2O5S. The number of aromatic nitrogens is 1. The number of nitrogens with zero attached hydrogens (tertiary/aromatic N) is 1. The van der Waals surface area contributed by atoms with E-state index in [1.165, 1.54) is 12.1 Å². The summed E-state index contributed by atoms with van der Waals surface area (Å²) in [5.41, 5.74) is 3.47. The molecule has 3 aromatic carbocycles. The number of pyridine rings is 1. The maximum Gasteiger partial charge on any atom is 0.322 e. The third-order valence-electron chi connectivity index (χ3n) is 5.61. The van der Waals surface area contributed by atoms with E-state index in [9.17, 15) is 18.3 Å². The SMILES string of the molecule is CC(C)[C@@H](NS(=O)(=O)c1ccc(-c2ccc(OCc3ccc4ccccc4n3)cc2)cc1)C(=O)O. The van der Waals surface area contributed by atoms with Crippen LogP contribution in [0.15, 0.2) is 89.8 Å². The predicted molar refractivity (Wildman–Crippen MR) is 135 cm³/mol. The zero-order valence-corrected chi connectivity index (χ0v) is 20.2. The quantitative estimate of drug-likeness (QED) is 0.347. The van der Waals surface area contributed by atoms with E-state index in [1.54, 1.807) is 26.0 Å². The molecule has 7 nitrogen and oxygen atoms in total. The van der Waals surface area contributed by atoms with Crippen molar-refractivity contribution >= 4 is 26.9 Å². The van der Waals surface area contributed by atoms with Crippen molar-refractivity contribution in [1.82, 2.24) is 9.71 Å². The molecule has 2 N–H and O–H groups in total. The van der Waals surface area contributed by atoms with Gasteiger partial charge in [0.05, 0.1) is 16.1 Å². The number of carboxylic acids is 1. The van der Waals surface area contributed by atoms with Crippen LogP contribution in [0.2, 0.25) is 0 Å². The number of aliphatic carboxylic acids is 1. The highest BCUT2D eigenvalue weighted by molar-refractivity contribution is 7.89. The number of ether oxygens (including phenoxy) is 1. The number of fused-ring (bicyclic) bond motifs is 1. The maximum atomic E-state index is 12.6. The number of nitrogens with one attached hydrogen (secondary N) is 1.